The van der Waals surface area contributed by atoms with Crippen molar-refractivity contribution < 1.29 is 4.79 Å². The summed E-state index contributed by atoms with van der Waals surface area (Å²) in [7, 11) is 0. The number of benzene rings is 3. The molecule has 1 aliphatic heterocycles. The van der Waals surface area contributed by atoms with Crippen molar-refractivity contribution in [3.8, 4) is 11.1 Å². The summed E-state index contributed by atoms with van der Waals surface area (Å²) in [6.07, 6.45) is 5.64. The minimum atomic E-state index is -0.115. The van der Waals surface area contributed by atoms with Crippen LogP contribution >= 0.6 is 0 Å². The number of nitrogens with zero attached hydrogens (tertiary/aromatic N) is 1. The van der Waals surface area contributed by atoms with E-state index in [2.05, 4.69) is 84.1 Å². The van der Waals surface area contributed by atoms with Gasteiger partial charge in [-0.2, -0.15) is 0 Å². The fraction of sp³-hybridized carbons (Fsp3) is 0.333. The van der Waals surface area contributed by atoms with Gasteiger partial charge in [0.15, 0.2) is 0 Å². The number of pyridine rings is 1. The quantitative estimate of drug-likeness (QED) is 0.288. The van der Waals surface area contributed by atoms with E-state index in [1.165, 1.54) is 18.4 Å². The van der Waals surface area contributed by atoms with Crippen molar-refractivity contribution in [2.45, 2.75) is 51.6 Å². The first kappa shape index (κ1) is 25.2. The summed E-state index contributed by atoms with van der Waals surface area (Å²) >= 11 is 0. The van der Waals surface area contributed by atoms with Gasteiger partial charge >= 0.3 is 0 Å². The molecule has 37 heavy (non-hydrogen) atoms. The molecule has 4 atom stereocenters. The molecule has 1 fully saturated rings. The molecule has 0 bridgehead atoms. The maximum atomic E-state index is 13.4. The number of nitrogens with one attached hydrogen (secondary N) is 2. The maximum Gasteiger partial charge on any atom is 0.224 e. The molecule has 1 saturated heterocycles. The fourth-order valence-corrected chi connectivity index (χ4v) is 5.94. The first-order valence-corrected chi connectivity index (χ1v) is 13.7. The molecule has 1 aliphatic rings. The van der Waals surface area contributed by atoms with Gasteiger partial charge in [0.2, 0.25) is 5.91 Å². The SMILES string of the molecule is CCC1CNC(C(NC(=O)Cc2ccc(-c3ccccc3)cc2)c2ccnc3ccccc23)CC1CC. The number of rotatable bonds is 8. The van der Waals surface area contributed by atoms with E-state index in [0.29, 0.717) is 18.3 Å². The Morgan fingerprint density at radius 3 is 2.35 bits per heavy atom. The summed E-state index contributed by atoms with van der Waals surface area (Å²) in [6, 6.07) is 29.0. The van der Waals surface area contributed by atoms with E-state index in [0.717, 1.165) is 40.6 Å². The first-order chi connectivity index (χ1) is 18.2. The van der Waals surface area contributed by atoms with E-state index in [1.54, 1.807) is 0 Å². The van der Waals surface area contributed by atoms with Crippen LogP contribution in [0.2, 0.25) is 0 Å². The fourth-order valence-electron chi connectivity index (χ4n) is 5.94. The number of piperidine rings is 1. The highest BCUT2D eigenvalue weighted by Gasteiger charge is 2.34. The highest BCUT2D eigenvalue weighted by molar-refractivity contribution is 5.84. The summed E-state index contributed by atoms with van der Waals surface area (Å²) in [5, 5.41) is 8.35. The standard InChI is InChI=1S/C33H37N3O/c1-3-24-21-31(35-22-25(24)4-2)33(29-18-19-34-30-13-9-8-12-28(29)30)36-32(37)20-23-14-16-27(17-15-23)26-10-6-5-7-11-26/h5-19,24-25,31,33,35H,3-4,20-22H2,1-2H3,(H,36,37). The molecule has 4 nitrogen and oxygen atoms in total. The Labute approximate surface area is 220 Å². The van der Waals surface area contributed by atoms with Gasteiger partial charge in [-0.3, -0.25) is 9.78 Å². The maximum absolute atomic E-state index is 13.4. The van der Waals surface area contributed by atoms with Crippen molar-refractivity contribution >= 4 is 16.8 Å². The third-order valence-corrected chi connectivity index (χ3v) is 8.08. The van der Waals surface area contributed by atoms with E-state index in [9.17, 15) is 4.79 Å². The molecule has 0 saturated carbocycles. The molecule has 4 aromatic rings. The number of carbonyl (C=O) groups excluding carboxylic acids is 1. The molecule has 0 spiro atoms. The van der Waals surface area contributed by atoms with Gasteiger partial charge in [0.05, 0.1) is 18.0 Å². The van der Waals surface area contributed by atoms with E-state index in [1.807, 2.05) is 36.5 Å². The Kier molecular flexibility index (Phi) is 7.96. The highest BCUT2D eigenvalue weighted by atomic mass is 16.1. The average molecular weight is 492 g/mol. The van der Waals surface area contributed by atoms with Crippen molar-refractivity contribution in [1.29, 1.82) is 0 Å². The Balaban J connectivity index is 1.38. The van der Waals surface area contributed by atoms with Crippen LogP contribution in [-0.2, 0) is 11.2 Å². The number of amides is 1. The lowest BCUT2D eigenvalue weighted by molar-refractivity contribution is -0.121. The van der Waals surface area contributed by atoms with Crippen LogP contribution in [-0.4, -0.2) is 23.5 Å². The van der Waals surface area contributed by atoms with E-state index in [-0.39, 0.29) is 18.0 Å². The molecular weight excluding hydrogens is 454 g/mol. The summed E-state index contributed by atoms with van der Waals surface area (Å²) in [4.78, 5) is 18.0. The lowest BCUT2D eigenvalue weighted by atomic mass is 9.77. The number of aromatic nitrogens is 1. The van der Waals surface area contributed by atoms with Gasteiger partial charge < -0.3 is 10.6 Å². The zero-order valence-electron chi connectivity index (χ0n) is 21.9. The highest BCUT2D eigenvalue weighted by Crippen LogP contribution is 2.34. The number of hydrogen-bond donors (Lipinski definition) is 2. The predicted octanol–water partition coefficient (Wildman–Crippen LogP) is 6.72. The van der Waals surface area contributed by atoms with Crippen LogP contribution in [0.25, 0.3) is 22.0 Å². The Morgan fingerprint density at radius 1 is 0.892 bits per heavy atom. The third-order valence-electron chi connectivity index (χ3n) is 8.08. The molecule has 4 heteroatoms. The Bertz CT molecular complexity index is 1310. The molecule has 4 unspecified atom stereocenters. The summed E-state index contributed by atoms with van der Waals surface area (Å²) in [5.74, 6) is 1.40. The number of hydrogen-bond acceptors (Lipinski definition) is 3. The lowest BCUT2D eigenvalue weighted by Crippen LogP contribution is -2.51. The second kappa shape index (κ2) is 11.7. The van der Waals surface area contributed by atoms with Crippen molar-refractivity contribution in [3.63, 3.8) is 0 Å². The molecule has 2 heterocycles. The van der Waals surface area contributed by atoms with Crippen LogP contribution in [0.4, 0.5) is 0 Å². The van der Waals surface area contributed by atoms with Gasteiger partial charge in [0, 0.05) is 17.6 Å². The van der Waals surface area contributed by atoms with Gasteiger partial charge in [-0.25, -0.2) is 0 Å². The number of fused-ring (bicyclic) bond motifs is 1. The van der Waals surface area contributed by atoms with Crippen molar-refractivity contribution in [1.82, 2.24) is 15.6 Å². The summed E-state index contributed by atoms with van der Waals surface area (Å²) < 4.78 is 0. The molecule has 3 aromatic carbocycles. The van der Waals surface area contributed by atoms with Gasteiger partial charge in [-0.1, -0.05) is 99.5 Å². The van der Waals surface area contributed by atoms with Gasteiger partial charge in [-0.05, 0) is 59.2 Å². The van der Waals surface area contributed by atoms with Crippen molar-refractivity contribution in [2.24, 2.45) is 11.8 Å². The normalized spacial score (nSPS) is 20.4. The van der Waals surface area contributed by atoms with Crippen LogP contribution in [0.5, 0.6) is 0 Å². The molecule has 0 aliphatic carbocycles. The van der Waals surface area contributed by atoms with Crippen molar-refractivity contribution in [3.05, 3.63) is 102 Å². The second-order valence-corrected chi connectivity index (χ2v) is 10.3. The van der Waals surface area contributed by atoms with Crippen LogP contribution in [0.3, 0.4) is 0 Å². The molecule has 1 amide bonds. The van der Waals surface area contributed by atoms with Gasteiger partial charge in [0.1, 0.15) is 0 Å². The molecule has 0 radical (unpaired) electrons. The van der Waals surface area contributed by atoms with Crippen LogP contribution in [0.1, 0.15) is 50.3 Å². The topological polar surface area (TPSA) is 54.0 Å². The van der Waals surface area contributed by atoms with E-state index in [4.69, 9.17) is 0 Å². The first-order valence-electron chi connectivity index (χ1n) is 13.7. The second-order valence-electron chi connectivity index (χ2n) is 10.3. The minimum absolute atomic E-state index is 0.0471. The van der Waals surface area contributed by atoms with Crippen LogP contribution in [0, 0.1) is 11.8 Å². The average Bonchev–Trinajstić information content (AvgIpc) is 2.96. The monoisotopic (exact) mass is 491 g/mol. The van der Waals surface area contributed by atoms with E-state index < -0.39 is 0 Å². The number of para-hydroxylation sites is 1. The third kappa shape index (κ3) is 5.75. The minimum Gasteiger partial charge on any atom is -0.347 e. The number of carbonyl (C=O) groups is 1. The van der Waals surface area contributed by atoms with Gasteiger partial charge in [0.25, 0.3) is 0 Å². The molecule has 1 aromatic heterocycles. The zero-order valence-corrected chi connectivity index (χ0v) is 21.9. The zero-order chi connectivity index (χ0) is 25.6. The summed E-state index contributed by atoms with van der Waals surface area (Å²) in [5.41, 5.74) is 5.46. The van der Waals surface area contributed by atoms with Crippen LogP contribution in [0.15, 0.2) is 91.1 Å². The predicted molar refractivity (Wildman–Crippen MR) is 152 cm³/mol. The Morgan fingerprint density at radius 2 is 1.59 bits per heavy atom. The molecule has 2 N–H and O–H groups in total. The Hall–Kier alpha value is -3.50. The van der Waals surface area contributed by atoms with Gasteiger partial charge in [-0.15, -0.1) is 0 Å². The van der Waals surface area contributed by atoms with Crippen molar-refractivity contribution in [2.75, 3.05) is 6.54 Å². The largest absolute Gasteiger partial charge is 0.347 e. The lowest BCUT2D eigenvalue weighted by Gasteiger charge is -2.40. The van der Waals surface area contributed by atoms with E-state index >= 15 is 0 Å². The molecule has 190 valence electrons. The summed E-state index contributed by atoms with van der Waals surface area (Å²) in [6.45, 7) is 5.58. The molecule has 5 rings (SSSR count). The molecular formula is C33H37N3O. The smallest absolute Gasteiger partial charge is 0.224 e. The van der Waals surface area contributed by atoms with Crippen LogP contribution < -0.4 is 10.6 Å².